The average molecular weight is 353 g/mol. The number of carbonyl (C=O) groups excluding carboxylic acids is 1. The van der Waals surface area contributed by atoms with Crippen molar-refractivity contribution >= 4 is 29.4 Å². The summed E-state index contributed by atoms with van der Waals surface area (Å²) in [5.41, 5.74) is 0. The second-order valence-electron chi connectivity index (χ2n) is 6.44. The molecule has 0 unspecified atom stereocenters. The highest BCUT2D eigenvalue weighted by molar-refractivity contribution is 7.98. The van der Waals surface area contributed by atoms with Gasteiger partial charge in [-0.2, -0.15) is 16.7 Å². The summed E-state index contributed by atoms with van der Waals surface area (Å²) in [6.45, 7) is 1.49. The summed E-state index contributed by atoms with van der Waals surface area (Å²) in [6, 6.07) is 0.124. The van der Waals surface area contributed by atoms with Crippen molar-refractivity contribution in [1.29, 1.82) is 0 Å². The van der Waals surface area contributed by atoms with Gasteiger partial charge in [0.15, 0.2) is 11.6 Å². The molecular weight excluding hydrogens is 329 g/mol. The second-order valence-corrected chi connectivity index (χ2v) is 7.43. The molecule has 132 valence electrons. The molecule has 1 aliphatic carbocycles. The maximum Gasteiger partial charge on any atom is 0.227 e. The topological polar surface area (TPSA) is 70.2 Å². The molecule has 3 rings (SSSR count). The lowest BCUT2D eigenvalue weighted by Crippen LogP contribution is -2.41. The zero-order valence-corrected chi connectivity index (χ0v) is 14.9. The molecule has 0 spiro atoms. The van der Waals surface area contributed by atoms with Crippen molar-refractivity contribution in [2.24, 2.45) is 11.8 Å². The Morgan fingerprint density at radius 1 is 1.46 bits per heavy atom. The standard InChI is InChI=1S/C16H24FN5OS/c1-18-15-12(17)7-19-16(21-15)22-8-11(10-3-4-10)13(9-22)20-14(23)5-6-24-2/h7,10-11,13H,3-6,8-9H2,1-2H3,(H,20,23)(H,18,19,21)/t11-,13+/m1/s1. The summed E-state index contributed by atoms with van der Waals surface area (Å²) < 4.78 is 13.6. The van der Waals surface area contributed by atoms with Gasteiger partial charge in [0.2, 0.25) is 11.9 Å². The molecule has 2 heterocycles. The Bertz CT molecular complexity index is 598. The summed E-state index contributed by atoms with van der Waals surface area (Å²) in [7, 11) is 1.64. The van der Waals surface area contributed by atoms with Crippen LogP contribution in [0.1, 0.15) is 19.3 Å². The van der Waals surface area contributed by atoms with Crippen LogP contribution in [0.5, 0.6) is 0 Å². The molecule has 0 aromatic carbocycles. The first-order valence-electron chi connectivity index (χ1n) is 8.36. The molecule has 1 aliphatic heterocycles. The molecular formula is C16H24FN5OS. The van der Waals surface area contributed by atoms with Crippen LogP contribution in [0, 0.1) is 17.7 Å². The van der Waals surface area contributed by atoms with Crippen molar-refractivity contribution in [1.82, 2.24) is 15.3 Å². The Labute approximate surface area is 146 Å². The van der Waals surface area contributed by atoms with Crippen LogP contribution >= 0.6 is 11.8 Å². The molecule has 1 saturated carbocycles. The molecule has 1 saturated heterocycles. The predicted octanol–water partition coefficient (Wildman–Crippen LogP) is 1.74. The number of thioether (sulfide) groups is 1. The van der Waals surface area contributed by atoms with Crippen LogP contribution < -0.4 is 15.5 Å². The summed E-state index contributed by atoms with van der Waals surface area (Å²) in [6.07, 6.45) is 6.20. The number of halogens is 1. The van der Waals surface area contributed by atoms with Gasteiger partial charge >= 0.3 is 0 Å². The largest absolute Gasteiger partial charge is 0.371 e. The molecule has 1 amide bonds. The number of rotatable bonds is 7. The van der Waals surface area contributed by atoms with E-state index in [9.17, 15) is 9.18 Å². The quantitative estimate of drug-likeness (QED) is 0.778. The fraction of sp³-hybridized carbons (Fsp3) is 0.688. The van der Waals surface area contributed by atoms with Gasteiger partial charge in [0, 0.05) is 38.2 Å². The van der Waals surface area contributed by atoms with Crippen molar-refractivity contribution in [2.45, 2.75) is 25.3 Å². The van der Waals surface area contributed by atoms with Gasteiger partial charge in [-0.1, -0.05) is 0 Å². The third kappa shape index (κ3) is 3.91. The minimum absolute atomic E-state index is 0.109. The molecule has 0 bridgehead atoms. The highest BCUT2D eigenvalue weighted by Crippen LogP contribution is 2.42. The molecule has 2 fully saturated rings. The summed E-state index contributed by atoms with van der Waals surface area (Å²) in [5.74, 6) is 2.31. The highest BCUT2D eigenvalue weighted by Gasteiger charge is 2.43. The van der Waals surface area contributed by atoms with Gasteiger partial charge in [-0.3, -0.25) is 4.79 Å². The van der Waals surface area contributed by atoms with Crippen molar-refractivity contribution in [3.63, 3.8) is 0 Å². The maximum absolute atomic E-state index is 13.6. The van der Waals surface area contributed by atoms with E-state index in [4.69, 9.17) is 0 Å². The molecule has 1 aromatic rings. The smallest absolute Gasteiger partial charge is 0.227 e. The predicted molar refractivity (Wildman–Crippen MR) is 94.9 cm³/mol. The third-order valence-electron chi connectivity index (χ3n) is 4.72. The maximum atomic E-state index is 13.6. The molecule has 24 heavy (non-hydrogen) atoms. The Morgan fingerprint density at radius 3 is 2.92 bits per heavy atom. The molecule has 0 radical (unpaired) electrons. The zero-order chi connectivity index (χ0) is 17.1. The minimum atomic E-state index is -0.457. The number of aromatic nitrogens is 2. The average Bonchev–Trinajstić information content (AvgIpc) is 3.34. The Balaban J connectivity index is 1.69. The van der Waals surface area contributed by atoms with E-state index in [0.717, 1.165) is 12.3 Å². The summed E-state index contributed by atoms with van der Waals surface area (Å²) in [5, 5.41) is 5.93. The number of hydrogen-bond donors (Lipinski definition) is 2. The van der Waals surface area contributed by atoms with Crippen LogP contribution in [0.4, 0.5) is 16.2 Å². The van der Waals surface area contributed by atoms with Gasteiger partial charge in [0.25, 0.3) is 0 Å². The van der Waals surface area contributed by atoms with E-state index in [1.807, 2.05) is 6.26 Å². The number of amides is 1. The van der Waals surface area contributed by atoms with Crippen molar-refractivity contribution in [3.8, 4) is 0 Å². The summed E-state index contributed by atoms with van der Waals surface area (Å²) in [4.78, 5) is 22.6. The SMILES string of the molecule is CNc1nc(N2C[C@H](NC(=O)CCSC)[C@@H](C3CC3)C2)ncc1F. The van der Waals surface area contributed by atoms with E-state index in [1.54, 1.807) is 18.8 Å². The van der Waals surface area contributed by atoms with Crippen LogP contribution in [0.15, 0.2) is 6.20 Å². The first kappa shape index (κ1) is 17.3. The number of nitrogens with zero attached hydrogens (tertiary/aromatic N) is 3. The minimum Gasteiger partial charge on any atom is -0.371 e. The molecule has 8 heteroatoms. The van der Waals surface area contributed by atoms with Crippen molar-refractivity contribution < 1.29 is 9.18 Å². The van der Waals surface area contributed by atoms with Crippen molar-refractivity contribution in [2.75, 3.05) is 42.4 Å². The number of carbonyl (C=O) groups is 1. The van der Waals surface area contributed by atoms with Crippen LogP contribution in [-0.2, 0) is 4.79 Å². The van der Waals surface area contributed by atoms with E-state index in [-0.39, 0.29) is 17.8 Å². The Kier molecular flexibility index (Phi) is 5.43. The van der Waals surface area contributed by atoms with Gasteiger partial charge in [0.05, 0.1) is 12.2 Å². The molecule has 2 N–H and O–H groups in total. The van der Waals surface area contributed by atoms with Crippen LogP contribution in [0.25, 0.3) is 0 Å². The van der Waals surface area contributed by atoms with E-state index in [0.29, 0.717) is 30.7 Å². The van der Waals surface area contributed by atoms with Gasteiger partial charge < -0.3 is 15.5 Å². The summed E-state index contributed by atoms with van der Waals surface area (Å²) >= 11 is 1.68. The number of nitrogens with one attached hydrogen (secondary N) is 2. The monoisotopic (exact) mass is 353 g/mol. The Morgan fingerprint density at radius 2 is 2.25 bits per heavy atom. The van der Waals surface area contributed by atoms with E-state index in [2.05, 4.69) is 25.5 Å². The first-order valence-corrected chi connectivity index (χ1v) is 9.75. The molecule has 1 aromatic heterocycles. The lowest BCUT2D eigenvalue weighted by Gasteiger charge is -2.19. The normalized spacial score (nSPS) is 23.4. The number of anilines is 2. The molecule has 6 nitrogen and oxygen atoms in total. The Hall–Kier alpha value is -1.57. The first-order chi connectivity index (χ1) is 11.6. The van der Waals surface area contributed by atoms with Gasteiger partial charge in [0.1, 0.15) is 0 Å². The second kappa shape index (κ2) is 7.55. The fourth-order valence-corrected chi connectivity index (χ4v) is 3.70. The lowest BCUT2D eigenvalue weighted by atomic mass is 9.98. The highest BCUT2D eigenvalue weighted by atomic mass is 32.2. The lowest BCUT2D eigenvalue weighted by molar-refractivity contribution is -0.121. The number of hydrogen-bond acceptors (Lipinski definition) is 6. The molecule has 2 aliphatic rings. The van der Waals surface area contributed by atoms with Gasteiger partial charge in [-0.25, -0.2) is 9.37 Å². The van der Waals surface area contributed by atoms with Gasteiger partial charge in [-0.05, 0) is 25.0 Å². The van der Waals surface area contributed by atoms with Crippen LogP contribution in [0.3, 0.4) is 0 Å². The van der Waals surface area contributed by atoms with Crippen molar-refractivity contribution in [3.05, 3.63) is 12.0 Å². The van der Waals surface area contributed by atoms with E-state index >= 15 is 0 Å². The van der Waals surface area contributed by atoms with Crippen LogP contribution in [-0.4, -0.2) is 54.1 Å². The van der Waals surface area contributed by atoms with E-state index < -0.39 is 5.82 Å². The van der Waals surface area contributed by atoms with E-state index in [1.165, 1.54) is 19.0 Å². The van der Waals surface area contributed by atoms with Crippen LogP contribution in [0.2, 0.25) is 0 Å². The third-order valence-corrected chi connectivity index (χ3v) is 5.34. The zero-order valence-electron chi connectivity index (χ0n) is 14.1. The molecule has 2 atom stereocenters. The van der Waals surface area contributed by atoms with Gasteiger partial charge in [-0.15, -0.1) is 0 Å². The fourth-order valence-electron chi connectivity index (χ4n) is 3.31.